The summed E-state index contributed by atoms with van der Waals surface area (Å²) in [6.07, 6.45) is 1.83. The van der Waals surface area contributed by atoms with Crippen molar-refractivity contribution in [3.8, 4) is 0 Å². The number of carbonyl (C=O) groups is 1. The van der Waals surface area contributed by atoms with Gasteiger partial charge in [0.25, 0.3) is 5.91 Å². The first-order valence-electron chi connectivity index (χ1n) is 4.60. The van der Waals surface area contributed by atoms with Gasteiger partial charge in [0.05, 0.1) is 0 Å². The van der Waals surface area contributed by atoms with E-state index in [-0.39, 0.29) is 5.91 Å². The zero-order chi connectivity index (χ0) is 10.8. The quantitative estimate of drug-likeness (QED) is 0.630. The van der Waals surface area contributed by atoms with Crippen LogP contribution in [0.3, 0.4) is 0 Å². The smallest absolute Gasteiger partial charge is 0.276 e. The lowest BCUT2D eigenvalue weighted by atomic mass is 10.3. The third-order valence-electron chi connectivity index (χ3n) is 2.11. The highest BCUT2D eigenvalue weighted by molar-refractivity contribution is 7.80. The Morgan fingerprint density at radius 1 is 1.67 bits per heavy atom. The van der Waals surface area contributed by atoms with E-state index in [1.165, 1.54) is 0 Å². The first kappa shape index (κ1) is 10.3. The molecule has 2 rings (SSSR count). The summed E-state index contributed by atoms with van der Waals surface area (Å²) in [4.78, 5) is 14.4. The van der Waals surface area contributed by atoms with E-state index in [0.29, 0.717) is 17.4 Å². The lowest BCUT2D eigenvalue weighted by Crippen LogP contribution is -2.30. The summed E-state index contributed by atoms with van der Waals surface area (Å²) >= 11 is 6.64. The summed E-state index contributed by atoms with van der Waals surface area (Å²) in [5.41, 5.74) is 0.560. The van der Waals surface area contributed by atoms with Crippen molar-refractivity contribution in [2.45, 2.75) is 6.92 Å². The second-order valence-corrected chi connectivity index (χ2v) is 4.42. The number of amides is 1. The zero-order valence-electron chi connectivity index (χ0n) is 8.19. The number of likely N-dealkylation sites (N-methyl/N-ethyl adjacent to an activating group) is 1. The first-order valence-corrected chi connectivity index (χ1v) is 5.89. The molecule has 1 aliphatic rings. The van der Waals surface area contributed by atoms with Gasteiger partial charge in [0.1, 0.15) is 5.70 Å². The van der Waals surface area contributed by atoms with E-state index in [1.54, 1.807) is 16.2 Å². The Morgan fingerprint density at radius 2 is 2.47 bits per heavy atom. The molecule has 1 aromatic heterocycles. The molecular weight excluding hydrogens is 228 g/mol. The maximum atomic E-state index is 11.8. The summed E-state index contributed by atoms with van der Waals surface area (Å²) in [6, 6.07) is 3.91. The van der Waals surface area contributed by atoms with Crippen molar-refractivity contribution in [2.24, 2.45) is 0 Å². The molecule has 0 bridgehead atoms. The Bertz CT molecular complexity index is 423. The average Bonchev–Trinajstić information content (AvgIpc) is 2.78. The molecule has 1 aromatic rings. The number of thiocarbonyl (C=S) groups is 1. The molecule has 0 saturated carbocycles. The number of nitrogens with zero attached hydrogens (tertiary/aromatic N) is 1. The topological polar surface area (TPSA) is 32.3 Å². The molecule has 1 saturated heterocycles. The van der Waals surface area contributed by atoms with Crippen molar-refractivity contribution >= 4 is 40.7 Å². The molecule has 0 aromatic carbocycles. The largest absolute Gasteiger partial charge is 0.328 e. The maximum Gasteiger partial charge on any atom is 0.276 e. The van der Waals surface area contributed by atoms with E-state index in [2.05, 4.69) is 5.32 Å². The number of hydrogen-bond acceptors (Lipinski definition) is 3. The molecule has 1 fully saturated rings. The van der Waals surface area contributed by atoms with Crippen LogP contribution in [0.4, 0.5) is 0 Å². The van der Waals surface area contributed by atoms with E-state index in [1.807, 2.05) is 30.5 Å². The van der Waals surface area contributed by atoms with Crippen LogP contribution in [0, 0.1) is 0 Å². The summed E-state index contributed by atoms with van der Waals surface area (Å²) < 4.78 is 0. The Kier molecular flexibility index (Phi) is 2.83. The van der Waals surface area contributed by atoms with Gasteiger partial charge < -0.3 is 5.32 Å². The fourth-order valence-electron chi connectivity index (χ4n) is 1.37. The Morgan fingerprint density at radius 3 is 3.00 bits per heavy atom. The van der Waals surface area contributed by atoms with Crippen molar-refractivity contribution in [2.75, 3.05) is 6.54 Å². The molecule has 15 heavy (non-hydrogen) atoms. The lowest BCUT2D eigenvalue weighted by molar-refractivity contribution is -0.122. The lowest BCUT2D eigenvalue weighted by Gasteiger charge is -2.08. The molecule has 2 heterocycles. The first-order chi connectivity index (χ1) is 7.22. The van der Waals surface area contributed by atoms with Gasteiger partial charge in [-0.25, -0.2) is 0 Å². The van der Waals surface area contributed by atoms with Gasteiger partial charge in [-0.3, -0.25) is 9.69 Å². The van der Waals surface area contributed by atoms with Gasteiger partial charge in [-0.05, 0) is 36.7 Å². The van der Waals surface area contributed by atoms with Gasteiger partial charge in [-0.1, -0.05) is 6.07 Å². The molecule has 5 heteroatoms. The summed E-state index contributed by atoms with van der Waals surface area (Å²) in [6.45, 7) is 2.51. The summed E-state index contributed by atoms with van der Waals surface area (Å²) in [5, 5.41) is 5.38. The average molecular weight is 238 g/mol. The fourth-order valence-corrected chi connectivity index (χ4v) is 2.35. The van der Waals surface area contributed by atoms with Gasteiger partial charge in [-0.2, -0.15) is 0 Å². The van der Waals surface area contributed by atoms with Crippen molar-refractivity contribution < 1.29 is 4.79 Å². The predicted molar refractivity (Wildman–Crippen MR) is 65.4 cm³/mol. The summed E-state index contributed by atoms with van der Waals surface area (Å²) in [7, 11) is 0. The predicted octanol–water partition coefficient (Wildman–Crippen LogP) is 1.83. The molecule has 0 aliphatic carbocycles. The second-order valence-electron chi connectivity index (χ2n) is 3.05. The number of carbonyl (C=O) groups excluding carboxylic acids is 1. The van der Waals surface area contributed by atoms with Crippen molar-refractivity contribution in [1.29, 1.82) is 0 Å². The molecule has 0 radical (unpaired) electrons. The highest BCUT2D eigenvalue weighted by atomic mass is 32.1. The van der Waals surface area contributed by atoms with E-state index in [4.69, 9.17) is 12.2 Å². The van der Waals surface area contributed by atoms with E-state index >= 15 is 0 Å². The van der Waals surface area contributed by atoms with Crippen molar-refractivity contribution in [3.63, 3.8) is 0 Å². The number of rotatable bonds is 2. The fraction of sp³-hybridized carbons (Fsp3) is 0.200. The highest BCUT2D eigenvalue weighted by Gasteiger charge is 2.28. The molecular formula is C10H10N2OS2. The Hall–Kier alpha value is -1.20. The van der Waals surface area contributed by atoms with Gasteiger partial charge in [0.15, 0.2) is 5.11 Å². The second kappa shape index (κ2) is 4.12. The van der Waals surface area contributed by atoms with Gasteiger partial charge in [0, 0.05) is 11.4 Å². The van der Waals surface area contributed by atoms with Crippen LogP contribution in [-0.2, 0) is 4.79 Å². The van der Waals surface area contributed by atoms with Crippen LogP contribution in [0.2, 0.25) is 0 Å². The molecule has 78 valence electrons. The maximum absolute atomic E-state index is 11.8. The third kappa shape index (κ3) is 1.93. The van der Waals surface area contributed by atoms with Gasteiger partial charge in [0.2, 0.25) is 0 Å². The van der Waals surface area contributed by atoms with Crippen LogP contribution in [0.25, 0.3) is 6.08 Å². The zero-order valence-corrected chi connectivity index (χ0v) is 9.82. The van der Waals surface area contributed by atoms with Crippen LogP contribution < -0.4 is 5.32 Å². The number of thiophene rings is 1. The van der Waals surface area contributed by atoms with Crippen LogP contribution in [0.1, 0.15) is 11.8 Å². The normalized spacial score (nSPS) is 18.7. The van der Waals surface area contributed by atoms with Crippen LogP contribution in [0.15, 0.2) is 23.2 Å². The van der Waals surface area contributed by atoms with Crippen molar-refractivity contribution in [3.05, 3.63) is 28.1 Å². The molecule has 1 amide bonds. The van der Waals surface area contributed by atoms with E-state index in [0.717, 1.165) is 4.88 Å². The van der Waals surface area contributed by atoms with E-state index in [9.17, 15) is 4.79 Å². The summed E-state index contributed by atoms with van der Waals surface area (Å²) in [5.74, 6) is -0.0455. The van der Waals surface area contributed by atoms with Crippen LogP contribution >= 0.6 is 23.6 Å². The minimum absolute atomic E-state index is 0.0455. The molecule has 3 nitrogen and oxygen atoms in total. The van der Waals surface area contributed by atoms with Crippen molar-refractivity contribution in [1.82, 2.24) is 10.2 Å². The third-order valence-corrected chi connectivity index (χ3v) is 3.25. The molecule has 0 unspecified atom stereocenters. The van der Waals surface area contributed by atoms with Crippen LogP contribution in [-0.4, -0.2) is 22.5 Å². The van der Waals surface area contributed by atoms with Gasteiger partial charge >= 0.3 is 0 Å². The van der Waals surface area contributed by atoms with Gasteiger partial charge in [-0.15, -0.1) is 11.3 Å². The van der Waals surface area contributed by atoms with E-state index < -0.39 is 0 Å². The monoisotopic (exact) mass is 238 g/mol. The Labute approximate surface area is 97.4 Å². The molecule has 0 spiro atoms. The molecule has 1 N–H and O–H groups in total. The number of hydrogen-bond donors (Lipinski definition) is 1. The Balaban J connectivity index is 2.26. The SMILES string of the molecule is CCN1C(=O)C(=Cc2cccs2)NC1=S. The highest BCUT2D eigenvalue weighted by Crippen LogP contribution is 2.16. The van der Waals surface area contributed by atoms with Crippen LogP contribution in [0.5, 0.6) is 0 Å². The standard InChI is InChI=1S/C10H10N2OS2/c1-2-12-9(13)8(11-10(12)14)6-7-4-3-5-15-7/h3-6H,2H2,1H3,(H,11,14). The molecule has 0 atom stereocenters. The minimum atomic E-state index is -0.0455. The minimum Gasteiger partial charge on any atom is -0.328 e. The molecule has 1 aliphatic heterocycles. The number of nitrogens with one attached hydrogen (secondary N) is 1.